The summed E-state index contributed by atoms with van der Waals surface area (Å²) in [5.41, 5.74) is 2.56. The first kappa shape index (κ1) is 12.3. The van der Waals surface area contributed by atoms with Crippen LogP contribution in [-0.4, -0.2) is 15.2 Å². The van der Waals surface area contributed by atoms with Gasteiger partial charge in [0.1, 0.15) is 10.5 Å². The van der Waals surface area contributed by atoms with Crippen molar-refractivity contribution >= 4 is 33.6 Å². The molecule has 2 aromatic carbocycles. The van der Waals surface area contributed by atoms with E-state index in [0.29, 0.717) is 5.22 Å². The smallest absolute Gasteiger partial charge is 0.263 e. The zero-order valence-electron chi connectivity index (χ0n) is 11.3. The van der Waals surface area contributed by atoms with Crippen LogP contribution < -0.4 is 0 Å². The van der Waals surface area contributed by atoms with Gasteiger partial charge < -0.3 is 4.42 Å². The SMILES string of the molecule is Cc1nnc(Sc2nc3ccccc3o2)c2ccccc12. The molecule has 4 rings (SSSR count). The number of fused-ring (bicyclic) bond motifs is 2. The summed E-state index contributed by atoms with van der Waals surface area (Å²) in [6, 6.07) is 15.8. The Bertz CT molecular complexity index is 915. The molecule has 2 aromatic heterocycles. The van der Waals surface area contributed by atoms with Crippen LogP contribution in [-0.2, 0) is 0 Å². The second kappa shape index (κ2) is 4.86. The quantitative estimate of drug-likeness (QED) is 0.553. The van der Waals surface area contributed by atoms with E-state index in [0.717, 1.165) is 32.6 Å². The highest BCUT2D eigenvalue weighted by atomic mass is 32.2. The Hall–Kier alpha value is -2.40. The van der Waals surface area contributed by atoms with Crippen molar-refractivity contribution in [3.63, 3.8) is 0 Å². The van der Waals surface area contributed by atoms with Crippen LogP contribution in [0.1, 0.15) is 5.69 Å². The number of benzene rings is 2. The van der Waals surface area contributed by atoms with Crippen molar-refractivity contribution in [3.8, 4) is 0 Å². The summed E-state index contributed by atoms with van der Waals surface area (Å²) >= 11 is 1.40. The summed E-state index contributed by atoms with van der Waals surface area (Å²) < 4.78 is 5.74. The van der Waals surface area contributed by atoms with Gasteiger partial charge in [-0.05, 0) is 30.8 Å². The summed E-state index contributed by atoms with van der Waals surface area (Å²) in [4.78, 5) is 4.47. The van der Waals surface area contributed by atoms with Gasteiger partial charge in [0.2, 0.25) is 0 Å². The van der Waals surface area contributed by atoms with E-state index in [1.54, 1.807) is 0 Å². The summed E-state index contributed by atoms with van der Waals surface area (Å²) in [6.45, 7) is 1.96. The number of rotatable bonds is 2. The monoisotopic (exact) mass is 293 g/mol. The van der Waals surface area contributed by atoms with Crippen molar-refractivity contribution in [2.45, 2.75) is 17.2 Å². The molecule has 4 aromatic rings. The van der Waals surface area contributed by atoms with Crippen LogP contribution in [0, 0.1) is 6.92 Å². The molecule has 0 spiro atoms. The summed E-state index contributed by atoms with van der Waals surface area (Å²) in [6.07, 6.45) is 0. The van der Waals surface area contributed by atoms with Crippen molar-refractivity contribution < 1.29 is 4.42 Å². The minimum Gasteiger partial charge on any atom is -0.431 e. The molecular formula is C16H11N3OS. The van der Waals surface area contributed by atoms with Crippen LogP contribution in [0.15, 0.2) is 63.2 Å². The highest BCUT2D eigenvalue weighted by Crippen LogP contribution is 2.33. The normalized spacial score (nSPS) is 11.3. The lowest BCUT2D eigenvalue weighted by atomic mass is 10.1. The fourth-order valence-corrected chi connectivity index (χ4v) is 3.08. The van der Waals surface area contributed by atoms with Crippen LogP contribution in [0.3, 0.4) is 0 Å². The van der Waals surface area contributed by atoms with Gasteiger partial charge in [0.25, 0.3) is 5.22 Å². The van der Waals surface area contributed by atoms with Gasteiger partial charge in [0, 0.05) is 10.8 Å². The molecule has 0 fully saturated rings. The Morgan fingerprint density at radius 3 is 2.52 bits per heavy atom. The van der Waals surface area contributed by atoms with Gasteiger partial charge in [-0.15, -0.1) is 5.10 Å². The molecule has 0 amide bonds. The van der Waals surface area contributed by atoms with Crippen molar-refractivity contribution in [1.82, 2.24) is 15.2 Å². The first-order valence-corrected chi connectivity index (χ1v) is 7.38. The molecule has 0 saturated carbocycles. The number of aromatic nitrogens is 3. The van der Waals surface area contributed by atoms with E-state index >= 15 is 0 Å². The second-order valence-corrected chi connectivity index (χ2v) is 5.63. The number of para-hydroxylation sites is 2. The maximum atomic E-state index is 5.74. The molecular weight excluding hydrogens is 282 g/mol. The minimum atomic E-state index is 0.583. The lowest BCUT2D eigenvalue weighted by molar-refractivity contribution is 0.489. The molecule has 0 radical (unpaired) electrons. The zero-order valence-corrected chi connectivity index (χ0v) is 12.1. The van der Waals surface area contributed by atoms with Gasteiger partial charge in [0.15, 0.2) is 5.58 Å². The Morgan fingerprint density at radius 1 is 0.905 bits per heavy atom. The summed E-state index contributed by atoms with van der Waals surface area (Å²) in [5.74, 6) is 0. The van der Waals surface area contributed by atoms with Crippen LogP contribution in [0.2, 0.25) is 0 Å². The largest absolute Gasteiger partial charge is 0.431 e. The number of nitrogens with zero attached hydrogens (tertiary/aromatic N) is 3. The topological polar surface area (TPSA) is 51.8 Å². The summed E-state index contributed by atoms with van der Waals surface area (Å²) in [7, 11) is 0. The highest BCUT2D eigenvalue weighted by molar-refractivity contribution is 7.99. The van der Waals surface area contributed by atoms with E-state index in [-0.39, 0.29) is 0 Å². The van der Waals surface area contributed by atoms with Crippen LogP contribution in [0.4, 0.5) is 0 Å². The Kier molecular flexibility index (Phi) is 2.86. The van der Waals surface area contributed by atoms with Gasteiger partial charge in [-0.25, -0.2) is 4.98 Å². The van der Waals surface area contributed by atoms with Crippen LogP contribution >= 0.6 is 11.8 Å². The lowest BCUT2D eigenvalue weighted by Crippen LogP contribution is -1.92. The molecule has 0 N–H and O–H groups in total. The van der Waals surface area contributed by atoms with Gasteiger partial charge in [-0.1, -0.05) is 36.4 Å². The molecule has 0 aliphatic rings. The molecule has 0 aliphatic heterocycles. The molecule has 5 heteroatoms. The van der Waals surface area contributed by atoms with E-state index in [1.165, 1.54) is 11.8 Å². The van der Waals surface area contributed by atoms with E-state index in [2.05, 4.69) is 21.2 Å². The fourth-order valence-electron chi connectivity index (χ4n) is 2.27. The number of hydrogen-bond donors (Lipinski definition) is 0. The Morgan fingerprint density at radius 2 is 1.67 bits per heavy atom. The standard InChI is InChI=1S/C16H11N3OS/c1-10-11-6-2-3-7-12(11)15(19-18-10)21-16-17-13-8-4-5-9-14(13)20-16/h2-9H,1H3. The number of hydrogen-bond acceptors (Lipinski definition) is 5. The highest BCUT2D eigenvalue weighted by Gasteiger charge is 2.12. The average Bonchev–Trinajstić information content (AvgIpc) is 2.93. The van der Waals surface area contributed by atoms with E-state index in [9.17, 15) is 0 Å². The molecule has 0 aliphatic carbocycles. The minimum absolute atomic E-state index is 0.583. The van der Waals surface area contributed by atoms with Gasteiger partial charge in [-0.2, -0.15) is 5.10 Å². The molecule has 102 valence electrons. The first-order valence-electron chi connectivity index (χ1n) is 6.57. The molecule has 4 nitrogen and oxygen atoms in total. The number of aryl methyl sites for hydroxylation is 1. The van der Waals surface area contributed by atoms with Crippen LogP contribution in [0.5, 0.6) is 0 Å². The van der Waals surface area contributed by atoms with Crippen LogP contribution in [0.25, 0.3) is 21.9 Å². The molecule has 0 unspecified atom stereocenters. The number of oxazole rings is 1. The van der Waals surface area contributed by atoms with Crippen molar-refractivity contribution in [3.05, 3.63) is 54.2 Å². The molecule has 0 bridgehead atoms. The van der Waals surface area contributed by atoms with Crippen molar-refractivity contribution in [2.75, 3.05) is 0 Å². The average molecular weight is 293 g/mol. The predicted octanol–water partition coefficient (Wildman–Crippen LogP) is 4.23. The Labute approximate surface area is 125 Å². The third-order valence-electron chi connectivity index (χ3n) is 3.30. The van der Waals surface area contributed by atoms with E-state index in [1.807, 2.05) is 49.4 Å². The van der Waals surface area contributed by atoms with E-state index in [4.69, 9.17) is 4.42 Å². The van der Waals surface area contributed by atoms with E-state index < -0.39 is 0 Å². The third-order valence-corrected chi connectivity index (χ3v) is 4.14. The molecule has 2 heterocycles. The maximum absolute atomic E-state index is 5.74. The predicted molar refractivity (Wildman–Crippen MR) is 82.4 cm³/mol. The second-order valence-electron chi connectivity index (χ2n) is 4.69. The fraction of sp³-hybridized carbons (Fsp3) is 0.0625. The van der Waals surface area contributed by atoms with Gasteiger partial charge >= 0.3 is 0 Å². The zero-order chi connectivity index (χ0) is 14.2. The third kappa shape index (κ3) is 2.15. The molecule has 0 atom stereocenters. The first-order chi connectivity index (χ1) is 10.3. The van der Waals surface area contributed by atoms with Crippen molar-refractivity contribution in [1.29, 1.82) is 0 Å². The summed E-state index contributed by atoms with van der Waals surface area (Å²) in [5, 5.41) is 12.1. The van der Waals surface area contributed by atoms with Gasteiger partial charge in [-0.3, -0.25) is 0 Å². The lowest BCUT2D eigenvalue weighted by Gasteiger charge is -2.04. The molecule has 21 heavy (non-hydrogen) atoms. The van der Waals surface area contributed by atoms with Gasteiger partial charge in [0.05, 0.1) is 5.69 Å². The molecule has 0 saturated heterocycles. The Balaban J connectivity index is 1.82. The maximum Gasteiger partial charge on any atom is 0.263 e. The van der Waals surface area contributed by atoms with Crippen molar-refractivity contribution in [2.24, 2.45) is 0 Å².